The molecule has 16 heavy (non-hydrogen) atoms. The van der Waals surface area contributed by atoms with E-state index in [4.69, 9.17) is 0 Å². The van der Waals surface area contributed by atoms with Crippen molar-refractivity contribution >= 4 is 20.4 Å². The second-order valence-electron chi connectivity index (χ2n) is 4.04. The van der Waals surface area contributed by atoms with Crippen molar-refractivity contribution in [2.45, 2.75) is 19.3 Å². The minimum absolute atomic E-state index is 0.193. The lowest BCUT2D eigenvalue weighted by atomic mass is 9.95. The monoisotopic (exact) mass is 280 g/mol. The molecule has 0 fully saturated rings. The number of allylic oxidation sites excluding steroid dienone is 3. The van der Waals surface area contributed by atoms with Gasteiger partial charge in [-0.15, -0.1) is 0 Å². The van der Waals surface area contributed by atoms with Gasteiger partial charge in [0, 0.05) is 4.48 Å². The van der Waals surface area contributed by atoms with Gasteiger partial charge in [0.1, 0.15) is 5.82 Å². The Morgan fingerprint density at radius 3 is 2.69 bits per heavy atom. The lowest BCUT2D eigenvalue weighted by Crippen LogP contribution is -1.97. The van der Waals surface area contributed by atoms with E-state index < -0.39 is 0 Å². The second-order valence-corrected chi connectivity index (χ2v) is 4.90. The molecule has 2 heteroatoms. The van der Waals surface area contributed by atoms with Gasteiger partial charge in [0.15, 0.2) is 0 Å². The quantitative estimate of drug-likeness (QED) is 0.675. The summed E-state index contributed by atoms with van der Waals surface area (Å²) in [6.07, 6.45) is 10.3. The smallest absolute Gasteiger partial charge is 0.123 e. The summed E-state index contributed by atoms with van der Waals surface area (Å²) in [4.78, 5) is 0. The molecule has 0 N–H and O–H groups in total. The predicted molar refractivity (Wildman–Crippen MR) is 69.8 cm³/mol. The summed E-state index contributed by atoms with van der Waals surface area (Å²) in [5, 5.41) is 0. The van der Waals surface area contributed by atoms with Gasteiger partial charge >= 0.3 is 0 Å². The van der Waals surface area contributed by atoms with E-state index in [9.17, 15) is 4.39 Å². The van der Waals surface area contributed by atoms with E-state index in [0.717, 1.165) is 10.0 Å². The SMILES string of the molecule is Fc1ccc(/C(Br)=C/C2C=CCCC2)cc1. The summed E-state index contributed by atoms with van der Waals surface area (Å²) in [5.74, 6) is 0.315. The third-order valence-corrected chi connectivity index (χ3v) is 3.49. The van der Waals surface area contributed by atoms with Gasteiger partial charge in [0.25, 0.3) is 0 Å². The van der Waals surface area contributed by atoms with Crippen molar-refractivity contribution in [3.05, 3.63) is 53.9 Å². The molecule has 0 bridgehead atoms. The maximum atomic E-state index is 12.8. The van der Waals surface area contributed by atoms with Gasteiger partial charge < -0.3 is 0 Å². The lowest BCUT2D eigenvalue weighted by molar-refractivity contribution is 0.627. The molecule has 0 amide bonds. The van der Waals surface area contributed by atoms with Gasteiger partial charge in [-0.2, -0.15) is 0 Å². The molecule has 0 aliphatic heterocycles. The summed E-state index contributed by atoms with van der Waals surface area (Å²) >= 11 is 3.55. The average Bonchev–Trinajstić information content (AvgIpc) is 2.31. The van der Waals surface area contributed by atoms with Crippen LogP contribution in [0.1, 0.15) is 24.8 Å². The fraction of sp³-hybridized carbons (Fsp3) is 0.286. The van der Waals surface area contributed by atoms with Gasteiger partial charge in [-0.25, -0.2) is 4.39 Å². The van der Waals surface area contributed by atoms with Crippen LogP contribution in [0, 0.1) is 11.7 Å². The maximum absolute atomic E-state index is 12.8. The largest absolute Gasteiger partial charge is 0.207 e. The Kier molecular flexibility index (Phi) is 3.94. The Balaban J connectivity index is 2.14. The Morgan fingerprint density at radius 2 is 2.06 bits per heavy atom. The van der Waals surface area contributed by atoms with Crippen molar-refractivity contribution in [3.63, 3.8) is 0 Å². The molecule has 1 aromatic carbocycles. The molecule has 84 valence electrons. The molecule has 0 radical (unpaired) electrons. The first kappa shape index (κ1) is 11.6. The van der Waals surface area contributed by atoms with Crippen LogP contribution in [0.25, 0.3) is 4.48 Å². The highest BCUT2D eigenvalue weighted by molar-refractivity contribution is 9.15. The van der Waals surface area contributed by atoms with E-state index >= 15 is 0 Å². The summed E-state index contributed by atoms with van der Waals surface area (Å²) in [5.41, 5.74) is 1.03. The van der Waals surface area contributed by atoms with Crippen LogP contribution in [-0.4, -0.2) is 0 Å². The molecular formula is C14H14BrF. The van der Waals surface area contributed by atoms with Crippen molar-refractivity contribution in [3.8, 4) is 0 Å². The van der Waals surface area contributed by atoms with Crippen LogP contribution in [0.2, 0.25) is 0 Å². The normalized spacial score (nSPS) is 21.1. The molecular weight excluding hydrogens is 267 g/mol. The number of rotatable bonds is 2. The van der Waals surface area contributed by atoms with Crippen molar-refractivity contribution in [1.82, 2.24) is 0 Å². The van der Waals surface area contributed by atoms with Crippen molar-refractivity contribution < 1.29 is 4.39 Å². The highest BCUT2D eigenvalue weighted by Crippen LogP contribution is 2.27. The Morgan fingerprint density at radius 1 is 1.31 bits per heavy atom. The van der Waals surface area contributed by atoms with E-state index in [2.05, 4.69) is 34.2 Å². The summed E-state index contributed by atoms with van der Waals surface area (Å²) in [7, 11) is 0. The Bertz CT molecular complexity index is 403. The zero-order valence-electron chi connectivity index (χ0n) is 9.00. The van der Waals surface area contributed by atoms with Crippen LogP contribution in [0.3, 0.4) is 0 Å². The fourth-order valence-corrected chi connectivity index (χ4v) is 2.47. The van der Waals surface area contributed by atoms with Crippen LogP contribution < -0.4 is 0 Å². The van der Waals surface area contributed by atoms with E-state index in [-0.39, 0.29) is 5.82 Å². The zero-order valence-corrected chi connectivity index (χ0v) is 10.6. The van der Waals surface area contributed by atoms with Gasteiger partial charge in [-0.3, -0.25) is 0 Å². The van der Waals surface area contributed by atoms with Crippen molar-refractivity contribution in [1.29, 1.82) is 0 Å². The first-order valence-corrected chi connectivity index (χ1v) is 6.35. The number of hydrogen-bond acceptors (Lipinski definition) is 0. The topological polar surface area (TPSA) is 0 Å². The molecule has 1 atom stereocenters. The van der Waals surface area contributed by atoms with Gasteiger partial charge in [-0.1, -0.05) is 46.3 Å². The third kappa shape index (κ3) is 3.05. The average molecular weight is 281 g/mol. The predicted octanol–water partition coefficient (Wildman–Crippen LogP) is 4.92. The minimum atomic E-state index is -0.193. The van der Waals surface area contributed by atoms with Crippen LogP contribution in [0.4, 0.5) is 4.39 Å². The first-order chi connectivity index (χ1) is 7.75. The molecule has 0 nitrogen and oxygen atoms in total. The molecule has 1 aromatic rings. The van der Waals surface area contributed by atoms with Gasteiger partial charge in [0.05, 0.1) is 0 Å². The highest BCUT2D eigenvalue weighted by Gasteiger charge is 2.07. The minimum Gasteiger partial charge on any atom is -0.207 e. The molecule has 0 heterocycles. The summed E-state index contributed by atoms with van der Waals surface area (Å²) in [6.45, 7) is 0. The Labute approximate surface area is 104 Å². The highest BCUT2D eigenvalue weighted by atomic mass is 79.9. The molecule has 0 aromatic heterocycles. The molecule has 1 aliphatic rings. The lowest BCUT2D eigenvalue weighted by Gasteiger charge is -2.12. The van der Waals surface area contributed by atoms with E-state index in [1.807, 2.05) is 0 Å². The van der Waals surface area contributed by atoms with Crippen molar-refractivity contribution in [2.24, 2.45) is 5.92 Å². The van der Waals surface area contributed by atoms with E-state index in [0.29, 0.717) is 5.92 Å². The summed E-state index contributed by atoms with van der Waals surface area (Å²) < 4.78 is 13.8. The molecule has 2 rings (SSSR count). The van der Waals surface area contributed by atoms with Gasteiger partial charge in [0.2, 0.25) is 0 Å². The number of hydrogen-bond donors (Lipinski definition) is 0. The Hall–Kier alpha value is -0.890. The van der Waals surface area contributed by atoms with E-state index in [1.165, 1.54) is 31.4 Å². The van der Waals surface area contributed by atoms with Crippen molar-refractivity contribution in [2.75, 3.05) is 0 Å². The third-order valence-electron chi connectivity index (χ3n) is 2.77. The van der Waals surface area contributed by atoms with Crippen LogP contribution in [0.5, 0.6) is 0 Å². The standard InChI is InChI=1S/C14H14BrF/c15-14(10-11-4-2-1-3-5-11)12-6-8-13(16)9-7-12/h2,4,6-11H,1,3,5H2/b14-10-. The van der Waals surface area contributed by atoms with Crippen LogP contribution in [-0.2, 0) is 0 Å². The van der Waals surface area contributed by atoms with Crippen LogP contribution in [0.15, 0.2) is 42.5 Å². The molecule has 0 saturated heterocycles. The first-order valence-electron chi connectivity index (χ1n) is 5.55. The second kappa shape index (κ2) is 5.44. The molecule has 1 unspecified atom stereocenters. The maximum Gasteiger partial charge on any atom is 0.123 e. The number of halogens is 2. The summed E-state index contributed by atoms with van der Waals surface area (Å²) in [6, 6.07) is 6.56. The molecule has 0 spiro atoms. The molecule has 0 saturated carbocycles. The zero-order chi connectivity index (χ0) is 11.4. The van der Waals surface area contributed by atoms with E-state index in [1.54, 1.807) is 12.1 Å². The number of benzene rings is 1. The molecule has 1 aliphatic carbocycles. The fourth-order valence-electron chi connectivity index (χ4n) is 1.87. The van der Waals surface area contributed by atoms with Crippen LogP contribution >= 0.6 is 15.9 Å². The van der Waals surface area contributed by atoms with Gasteiger partial charge in [-0.05, 0) is 42.9 Å².